The molecule has 3 unspecified atom stereocenters. The Bertz CT molecular complexity index is 172. The Morgan fingerprint density at radius 2 is 2.10 bits per heavy atom. The maximum atomic E-state index is 2.51. The minimum absolute atomic E-state index is 0.893. The molecule has 0 heteroatoms. The van der Waals surface area contributed by atoms with Crippen LogP contribution in [0.4, 0.5) is 0 Å². The molecule has 4 rings (SSSR count). The van der Waals surface area contributed by atoms with Crippen LogP contribution >= 0.6 is 0 Å². The van der Waals surface area contributed by atoms with E-state index in [4.69, 9.17) is 0 Å². The van der Waals surface area contributed by atoms with E-state index in [-0.39, 0.29) is 0 Å². The minimum Gasteiger partial charge on any atom is -0.0654 e. The van der Waals surface area contributed by atoms with Crippen LogP contribution in [0.5, 0.6) is 0 Å². The molecule has 0 saturated heterocycles. The van der Waals surface area contributed by atoms with Crippen LogP contribution in [0.3, 0.4) is 0 Å². The molecule has 0 spiro atoms. The minimum atomic E-state index is 0.893. The molecule has 0 radical (unpaired) electrons. The summed E-state index contributed by atoms with van der Waals surface area (Å²) in [5, 5.41) is 0. The quantitative estimate of drug-likeness (QED) is 0.547. The van der Waals surface area contributed by atoms with Crippen molar-refractivity contribution in [1.82, 2.24) is 0 Å². The van der Waals surface area contributed by atoms with Crippen LogP contribution in [-0.2, 0) is 0 Å². The lowest BCUT2D eigenvalue weighted by Crippen LogP contribution is -1.98. The summed E-state index contributed by atoms with van der Waals surface area (Å²) in [7, 11) is 0. The summed E-state index contributed by atoms with van der Waals surface area (Å²) in [4.78, 5) is 0. The summed E-state index contributed by atoms with van der Waals surface area (Å²) in [6.07, 6.45) is 4.52. The van der Waals surface area contributed by atoms with E-state index in [2.05, 4.69) is 13.8 Å². The van der Waals surface area contributed by atoms with Gasteiger partial charge in [-0.3, -0.25) is 0 Å². The van der Waals surface area contributed by atoms with Crippen LogP contribution in [0, 0.1) is 29.1 Å². The van der Waals surface area contributed by atoms with Gasteiger partial charge in [0.2, 0.25) is 0 Å². The highest BCUT2D eigenvalue weighted by molar-refractivity contribution is 5.33. The molecule has 4 saturated carbocycles. The zero-order valence-electron chi connectivity index (χ0n) is 6.93. The standard InChI is InChI=1S/C10H16/c1-3-4-6-5-10(2)8-7(6)9(8)10/h6-9H,3-5H2,1-2H3. The van der Waals surface area contributed by atoms with Gasteiger partial charge in [-0.2, -0.15) is 0 Å². The van der Waals surface area contributed by atoms with E-state index in [0.29, 0.717) is 0 Å². The van der Waals surface area contributed by atoms with Crippen LogP contribution in [-0.4, -0.2) is 0 Å². The Balaban J connectivity index is 1.73. The first kappa shape index (κ1) is 5.62. The van der Waals surface area contributed by atoms with Gasteiger partial charge in [-0.15, -0.1) is 0 Å². The zero-order valence-corrected chi connectivity index (χ0v) is 6.93. The predicted molar refractivity (Wildman–Crippen MR) is 41.6 cm³/mol. The van der Waals surface area contributed by atoms with Crippen LogP contribution in [0.15, 0.2) is 0 Å². The highest BCUT2D eigenvalue weighted by atomic mass is 14.9. The molecule has 4 aliphatic carbocycles. The predicted octanol–water partition coefficient (Wildman–Crippen LogP) is 2.69. The maximum absolute atomic E-state index is 2.51. The first-order valence-corrected chi connectivity index (χ1v) is 4.79. The van der Waals surface area contributed by atoms with Crippen LogP contribution in [0.1, 0.15) is 33.1 Å². The van der Waals surface area contributed by atoms with Crippen molar-refractivity contribution < 1.29 is 0 Å². The second kappa shape index (κ2) is 1.31. The number of hydrogen-bond acceptors (Lipinski definition) is 0. The van der Waals surface area contributed by atoms with Gasteiger partial charge in [-0.1, -0.05) is 26.7 Å². The molecular weight excluding hydrogens is 120 g/mol. The van der Waals surface area contributed by atoms with Crippen molar-refractivity contribution >= 4 is 0 Å². The largest absolute Gasteiger partial charge is 0.0654 e. The van der Waals surface area contributed by atoms with Gasteiger partial charge in [0.15, 0.2) is 0 Å². The van der Waals surface area contributed by atoms with Crippen molar-refractivity contribution in [3.8, 4) is 0 Å². The van der Waals surface area contributed by atoms with E-state index >= 15 is 0 Å². The highest BCUT2D eigenvalue weighted by Gasteiger charge is 2.86. The lowest BCUT2D eigenvalue weighted by atomic mass is 10.0. The van der Waals surface area contributed by atoms with Gasteiger partial charge in [0, 0.05) is 0 Å². The van der Waals surface area contributed by atoms with Crippen molar-refractivity contribution in [1.29, 1.82) is 0 Å². The fourth-order valence-electron chi connectivity index (χ4n) is 3.96. The maximum Gasteiger partial charge on any atom is -0.0255 e. The third-order valence-corrected chi connectivity index (χ3v) is 4.40. The lowest BCUT2D eigenvalue weighted by Gasteiger charge is -2.04. The molecule has 10 heavy (non-hydrogen) atoms. The SMILES string of the molecule is CCCC1CC2(C)C3C1C32. The molecule has 0 heterocycles. The molecule has 0 nitrogen and oxygen atoms in total. The third-order valence-electron chi connectivity index (χ3n) is 4.40. The monoisotopic (exact) mass is 136 g/mol. The van der Waals surface area contributed by atoms with Gasteiger partial charge in [0.1, 0.15) is 0 Å². The van der Waals surface area contributed by atoms with E-state index in [1.54, 1.807) is 6.42 Å². The normalized spacial score (nSPS) is 67.8. The lowest BCUT2D eigenvalue weighted by molar-refractivity contribution is 0.445. The Morgan fingerprint density at radius 3 is 2.50 bits per heavy atom. The van der Waals surface area contributed by atoms with E-state index in [1.807, 2.05) is 0 Å². The molecule has 56 valence electrons. The smallest absolute Gasteiger partial charge is 0.0255 e. The van der Waals surface area contributed by atoms with Gasteiger partial charge in [0.25, 0.3) is 0 Å². The Kier molecular flexibility index (Phi) is 0.735. The molecule has 3 atom stereocenters. The summed E-state index contributed by atoms with van der Waals surface area (Å²) >= 11 is 0. The van der Waals surface area contributed by atoms with E-state index < -0.39 is 0 Å². The van der Waals surface area contributed by atoms with Gasteiger partial charge in [0.05, 0.1) is 0 Å². The molecule has 0 aliphatic heterocycles. The average Bonchev–Trinajstić information content (AvgIpc) is 2.68. The van der Waals surface area contributed by atoms with Crippen molar-refractivity contribution in [3.05, 3.63) is 0 Å². The van der Waals surface area contributed by atoms with E-state index in [0.717, 1.165) is 11.3 Å². The Labute approximate surface area is 63.0 Å². The number of fused-ring (bicyclic) bond motifs is 1. The van der Waals surface area contributed by atoms with Crippen LogP contribution < -0.4 is 0 Å². The average molecular weight is 136 g/mol. The molecule has 0 aromatic rings. The summed E-state index contributed by atoms with van der Waals surface area (Å²) in [6, 6.07) is 0. The third kappa shape index (κ3) is 0.383. The van der Waals surface area contributed by atoms with E-state index in [1.165, 1.54) is 30.6 Å². The van der Waals surface area contributed by atoms with Crippen LogP contribution in [0.2, 0.25) is 0 Å². The molecule has 4 aliphatic rings. The Morgan fingerprint density at radius 1 is 1.40 bits per heavy atom. The van der Waals surface area contributed by atoms with Gasteiger partial charge in [-0.05, 0) is 35.5 Å². The Hall–Kier alpha value is 0. The van der Waals surface area contributed by atoms with Gasteiger partial charge < -0.3 is 0 Å². The van der Waals surface area contributed by atoms with Crippen molar-refractivity contribution in [2.24, 2.45) is 29.1 Å². The number of rotatable bonds is 2. The summed E-state index contributed by atoms with van der Waals surface area (Å²) in [5.41, 5.74) is 0.893. The molecule has 0 N–H and O–H groups in total. The van der Waals surface area contributed by atoms with E-state index in [9.17, 15) is 0 Å². The fourth-order valence-corrected chi connectivity index (χ4v) is 3.96. The summed E-state index contributed by atoms with van der Waals surface area (Å²) < 4.78 is 0. The molecule has 0 aromatic carbocycles. The van der Waals surface area contributed by atoms with Crippen molar-refractivity contribution in [3.63, 3.8) is 0 Å². The second-order valence-electron chi connectivity index (χ2n) is 4.89. The van der Waals surface area contributed by atoms with Crippen molar-refractivity contribution in [2.45, 2.75) is 33.1 Å². The zero-order chi connectivity index (χ0) is 6.93. The first-order valence-electron chi connectivity index (χ1n) is 4.79. The fraction of sp³-hybridized carbons (Fsp3) is 1.00. The summed E-state index contributed by atoms with van der Waals surface area (Å²) in [6.45, 7) is 4.84. The van der Waals surface area contributed by atoms with Crippen molar-refractivity contribution in [2.75, 3.05) is 0 Å². The summed E-state index contributed by atoms with van der Waals surface area (Å²) in [5.74, 6) is 4.84. The second-order valence-corrected chi connectivity index (χ2v) is 4.89. The highest BCUT2D eigenvalue weighted by Crippen LogP contribution is 2.91. The molecular formula is C10H16. The molecule has 4 fully saturated rings. The molecule has 2 bridgehead atoms. The first-order chi connectivity index (χ1) is 4.79. The topological polar surface area (TPSA) is 0 Å². The molecule has 0 amide bonds. The molecule has 0 aromatic heterocycles. The van der Waals surface area contributed by atoms with Crippen LogP contribution in [0.25, 0.3) is 0 Å². The van der Waals surface area contributed by atoms with Gasteiger partial charge >= 0.3 is 0 Å². The van der Waals surface area contributed by atoms with Gasteiger partial charge in [-0.25, -0.2) is 0 Å². The number of hydrogen-bond donors (Lipinski definition) is 0.